The predicted molar refractivity (Wildman–Crippen MR) is 97.2 cm³/mol. The van der Waals surface area contributed by atoms with Gasteiger partial charge in [-0.15, -0.1) is 0 Å². The number of para-hydroxylation sites is 1. The van der Waals surface area contributed by atoms with Crippen LogP contribution in [0.25, 0.3) is 0 Å². The number of carbonyl (C=O) groups excluding carboxylic acids is 1. The average molecular weight is 362 g/mol. The number of rotatable bonds is 7. The first-order valence-corrected chi connectivity index (χ1v) is 9.41. The van der Waals surface area contributed by atoms with Crippen molar-refractivity contribution in [2.24, 2.45) is 0 Å². The van der Waals surface area contributed by atoms with Crippen LogP contribution >= 0.6 is 0 Å². The highest BCUT2D eigenvalue weighted by molar-refractivity contribution is 7.89. The maximum atomic E-state index is 12.4. The number of hydrogen-bond donors (Lipinski definition) is 2. The van der Waals surface area contributed by atoms with E-state index in [9.17, 15) is 13.2 Å². The third-order valence-electron chi connectivity index (χ3n) is 3.75. The maximum Gasteiger partial charge on any atom is 0.242 e. The van der Waals surface area contributed by atoms with Crippen molar-refractivity contribution in [2.75, 3.05) is 12.4 Å². The minimum absolute atomic E-state index is 0.0712. The number of ether oxygens (including phenoxy) is 1. The summed E-state index contributed by atoms with van der Waals surface area (Å²) in [6.45, 7) is 3.49. The van der Waals surface area contributed by atoms with Crippen LogP contribution in [0.1, 0.15) is 19.4 Å². The normalized spacial score (nSPS) is 12.4. The fraction of sp³-hybridized carbons (Fsp3) is 0.278. The van der Waals surface area contributed by atoms with Crippen LogP contribution < -0.4 is 14.8 Å². The van der Waals surface area contributed by atoms with Gasteiger partial charge in [0.15, 0.2) is 0 Å². The molecule has 0 saturated carbocycles. The zero-order chi connectivity index (χ0) is 18.4. The molecule has 0 fully saturated rings. The molecule has 0 aliphatic rings. The molecule has 0 radical (unpaired) electrons. The van der Waals surface area contributed by atoms with Crippen LogP contribution in [0.5, 0.6) is 5.75 Å². The molecular formula is C18H22N2O4S. The Balaban J connectivity index is 2.08. The summed E-state index contributed by atoms with van der Waals surface area (Å²) in [5.41, 5.74) is 1.67. The summed E-state index contributed by atoms with van der Waals surface area (Å²) in [6.07, 6.45) is 0.766. The molecule has 25 heavy (non-hydrogen) atoms. The molecule has 6 nitrogen and oxygen atoms in total. The van der Waals surface area contributed by atoms with Crippen LogP contribution in [0.2, 0.25) is 0 Å². The fourth-order valence-electron chi connectivity index (χ4n) is 2.30. The number of carbonyl (C=O) groups is 1. The molecule has 0 aliphatic carbocycles. The molecule has 1 atom stereocenters. The molecule has 0 spiro atoms. The number of hydrogen-bond acceptors (Lipinski definition) is 4. The second-order valence-corrected chi connectivity index (χ2v) is 7.23. The van der Waals surface area contributed by atoms with E-state index in [1.54, 1.807) is 18.2 Å². The molecule has 0 aromatic heterocycles. The minimum atomic E-state index is -3.80. The van der Waals surface area contributed by atoms with Crippen LogP contribution in [-0.4, -0.2) is 27.5 Å². The third kappa shape index (κ3) is 4.80. The maximum absolute atomic E-state index is 12.4. The molecule has 134 valence electrons. The lowest BCUT2D eigenvalue weighted by Gasteiger charge is -2.16. The standard InChI is InChI=1S/C18H22N2O4S/c1-4-14-7-5-6-8-17(14)19-18(21)13(2)20-25(22,23)16-11-9-15(24-3)10-12-16/h5-13,20H,4H2,1-3H3,(H,19,21)/t13-/m1/s1. The van der Waals surface area contributed by atoms with Gasteiger partial charge in [-0.05, 0) is 49.2 Å². The number of aryl methyl sites for hydroxylation is 1. The SMILES string of the molecule is CCc1ccccc1NC(=O)[C@@H](C)NS(=O)(=O)c1ccc(OC)cc1. The molecule has 2 aromatic rings. The number of sulfonamides is 1. The lowest BCUT2D eigenvalue weighted by Crippen LogP contribution is -2.41. The van der Waals surface area contributed by atoms with E-state index < -0.39 is 22.0 Å². The number of anilines is 1. The summed E-state index contributed by atoms with van der Waals surface area (Å²) < 4.78 is 32.2. The summed E-state index contributed by atoms with van der Waals surface area (Å²) in [5, 5.41) is 2.77. The Morgan fingerprint density at radius 2 is 1.76 bits per heavy atom. The van der Waals surface area contributed by atoms with Crippen molar-refractivity contribution < 1.29 is 17.9 Å². The Morgan fingerprint density at radius 3 is 2.36 bits per heavy atom. The molecule has 2 N–H and O–H groups in total. The second kappa shape index (κ2) is 8.13. The monoisotopic (exact) mass is 362 g/mol. The van der Waals surface area contributed by atoms with E-state index in [1.165, 1.54) is 26.2 Å². The van der Waals surface area contributed by atoms with Crippen LogP contribution in [0.3, 0.4) is 0 Å². The molecule has 0 aliphatic heterocycles. The Kier molecular flexibility index (Phi) is 6.17. The van der Waals surface area contributed by atoms with E-state index in [4.69, 9.17) is 4.74 Å². The number of methoxy groups -OCH3 is 1. The van der Waals surface area contributed by atoms with Gasteiger partial charge in [0.2, 0.25) is 15.9 Å². The van der Waals surface area contributed by atoms with Crippen molar-refractivity contribution in [1.29, 1.82) is 0 Å². The Bertz CT molecular complexity index is 832. The number of benzene rings is 2. The quantitative estimate of drug-likeness (QED) is 0.793. The summed E-state index contributed by atoms with van der Waals surface area (Å²) in [7, 11) is -2.30. The van der Waals surface area contributed by atoms with Crippen molar-refractivity contribution in [1.82, 2.24) is 4.72 Å². The Hall–Kier alpha value is -2.38. The van der Waals surface area contributed by atoms with Gasteiger partial charge in [0, 0.05) is 5.69 Å². The first-order valence-electron chi connectivity index (χ1n) is 7.92. The predicted octanol–water partition coefficient (Wildman–Crippen LogP) is 2.56. The third-order valence-corrected chi connectivity index (χ3v) is 5.31. The van der Waals surface area contributed by atoms with E-state index >= 15 is 0 Å². The minimum Gasteiger partial charge on any atom is -0.497 e. The van der Waals surface area contributed by atoms with Crippen molar-refractivity contribution >= 4 is 21.6 Å². The molecular weight excluding hydrogens is 340 g/mol. The molecule has 7 heteroatoms. The van der Waals surface area contributed by atoms with Crippen molar-refractivity contribution in [3.63, 3.8) is 0 Å². The largest absolute Gasteiger partial charge is 0.497 e. The number of amides is 1. The molecule has 0 bridgehead atoms. The summed E-state index contributed by atoms with van der Waals surface area (Å²) in [5.74, 6) is 0.138. The topological polar surface area (TPSA) is 84.5 Å². The summed E-state index contributed by atoms with van der Waals surface area (Å²) in [6, 6.07) is 12.5. The van der Waals surface area contributed by atoms with Gasteiger partial charge < -0.3 is 10.1 Å². The van der Waals surface area contributed by atoms with Crippen molar-refractivity contribution in [3.05, 3.63) is 54.1 Å². The highest BCUT2D eigenvalue weighted by atomic mass is 32.2. The zero-order valence-electron chi connectivity index (χ0n) is 14.4. The van der Waals surface area contributed by atoms with Gasteiger partial charge in [-0.3, -0.25) is 4.79 Å². The average Bonchev–Trinajstić information content (AvgIpc) is 2.61. The molecule has 0 unspecified atom stereocenters. The van der Waals surface area contributed by atoms with Gasteiger partial charge in [0.05, 0.1) is 18.0 Å². The van der Waals surface area contributed by atoms with Crippen LogP contribution in [0.15, 0.2) is 53.4 Å². The Morgan fingerprint density at radius 1 is 1.12 bits per heavy atom. The van der Waals surface area contributed by atoms with Crippen molar-refractivity contribution in [3.8, 4) is 5.75 Å². The highest BCUT2D eigenvalue weighted by Crippen LogP contribution is 2.17. The van der Waals surface area contributed by atoms with E-state index in [-0.39, 0.29) is 4.90 Å². The van der Waals surface area contributed by atoms with Crippen molar-refractivity contribution in [2.45, 2.75) is 31.2 Å². The van der Waals surface area contributed by atoms with Gasteiger partial charge in [-0.25, -0.2) is 8.42 Å². The molecule has 2 rings (SSSR count). The van der Waals surface area contributed by atoms with Gasteiger partial charge in [0.25, 0.3) is 0 Å². The Labute approximate surface area is 148 Å². The second-order valence-electron chi connectivity index (χ2n) is 5.52. The van der Waals surface area contributed by atoms with E-state index in [1.807, 2.05) is 25.1 Å². The van der Waals surface area contributed by atoms with E-state index in [0.717, 1.165) is 12.0 Å². The fourth-order valence-corrected chi connectivity index (χ4v) is 3.50. The van der Waals surface area contributed by atoms with Gasteiger partial charge >= 0.3 is 0 Å². The van der Waals surface area contributed by atoms with Gasteiger partial charge in [-0.2, -0.15) is 4.72 Å². The van der Waals surface area contributed by atoms with Crippen LogP contribution in [0.4, 0.5) is 5.69 Å². The molecule has 2 aromatic carbocycles. The summed E-state index contributed by atoms with van der Waals surface area (Å²) in [4.78, 5) is 12.4. The zero-order valence-corrected chi connectivity index (χ0v) is 15.3. The number of nitrogens with one attached hydrogen (secondary N) is 2. The van der Waals surface area contributed by atoms with Crippen LogP contribution in [-0.2, 0) is 21.2 Å². The van der Waals surface area contributed by atoms with E-state index in [2.05, 4.69) is 10.0 Å². The molecule has 0 heterocycles. The first kappa shape index (κ1) is 19.0. The first-order chi connectivity index (χ1) is 11.9. The van der Waals surface area contributed by atoms with Crippen LogP contribution in [0, 0.1) is 0 Å². The molecule has 0 saturated heterocycles. The van der Waals surface area contributed by atoms with Gasteiger partial charge in [-0.1, -0.05) is 25.1 Å². The smallest absolute Gasteiger partial charge is 0.242 e. The van der Waals surface area contributed by atoms with E-state index in [0.29, 0.717) is 11.4 Å². The lowest BCUT2D eigenvalue weighted by atomic mass is 10.1. The summed E-state index contributed by atoms with van der Waals surface area (Å²) >= 11 is 0. The lowest BCUT2D eigenvalue weighted by molar-refractivity contribution is -0.117. The van der Waals surface area contributed by atoms with Gasteiger partial charge in [0.1, 0.15) is 5.75 Å². The molecule has 1 amide bonds. The highest BCUT2D eigenvalue weighted by Gasteiger charge is 2.22.